The summed E-state index contributed by atoms with van der Waals surface area (Å²) < 4.78 is 13.6. The normalized spacial score (nSPS) is 12.2. The summed E-state index contributed by atoms with van der Waals surface area (Å²) in [5.74, 6) is -0.200. The lowest BCUT2D eigenvalue weighted by molar-refractivity contribution is 0.600. The molecule has 2 rings (SSSR count). The maximum absolute atomic E-state index is 13.6. The van der Waals surface area contributed by atoms with Crippen molar-refractivity contribution in [2.45, 2.75) is 13.0 Å². The van der Waals surface area contributed by atoms with E-state index >= 15 is 0 Å². The highest BCUT2D eigenvalue weighted by Gasteiger charge is 2.09. The molecule has 0 saturated heterocycles. The SMILES string of the molecule is CC(Nc1cccc(Cl)c1)c1ccccc1F. The summed E-state index contributed by atoms with van der Waals surface area (Å²) >= 11 is 5.89. The Balaban J connectivity index is 2.17. The fourth-order valence-electron chi connectivity index (χ4n) is 1.73. The number of benzene rings is 2. The Labute approximate surface area is 105 Å². The molecule has 1 atom stereocenters. The van der Waals surface area contributed by atoms with Gasteiger partial charge in [0, 0.05) is 16.3 Å². The summed E-state index contributed by atoms with van der Waals surface area (Å²) in [5.41, 5.74) is 1.53. The van der Waals surface area contributed by atoms with Crippen molar-refractivity contribution in [1.29, 1.82) is 0 Å². The smallest absolute Gasteiger partial charge is 0.128 e. The van der Waals surface area contributed by atoms with Crippen LogP contribution in [0.2, 0.25) is 5.02 Å². The van der Waals surface area contributed by atoms with Gasteiger partial charge in [0.1, 0.15) is 5.82 Å². The Morgan fingerprint density at radius 1 is 1.12 bits per heavy atom. The van der Waals surface area contributed by atoms with Gasteiger partial charge in [-0.2, -0.15) is 0 Å². The predicted octanol–water partition coefficient (Wildman–Crippen LogP) is 4.65. The quantitative estimate of drug-likeness (QED) is 0.835. The molecule has 1 N–H and O–H groups in total. The molecule has 0 spiro atoms. The van der Waals surface area contributed by atoms with E-state index in [4.69, 9.17) is 11.6 Å². The van der Waals surface area contributed by atoms with E-state index in [9.17, 15) is 4.39 Å². The van der Waals surface area contributed by atoms with E-state index in [0.717, 1.165) is 5.69 Å². The lowest BCUT2D eigenvalue weighted by atomic mass is 10.1. The van der Waals surface area contributed by atoms with E-state index in [0.29, 0.717) is 10.6 Å². The Morgan fingerprint density at radius 3 is 2.59 bits per heavy atom. The van der Waals surface area contributed by atoms with Crippen molar-refractivity contribution in [3.05, 3.63) is 64.9 Å². The molecule has 0 fully saturated rings. The first-order chi connectivity index (χ1) is 8.16. The molecule has 17 heavy (non-hydrogen) atoms. The van der Waals surface area contributed by atoms with Crippen LogP contribution in [0, 0.1) is 5.82 Å². The van der Waals surface area contributed by atoms with Crippen molar-refractivity contribution < 1.29 is 4.39 Å². The monoisotopic (exact) mass is 249 g/mol. The summed E-state index contributed by atoms with van der Waals surface area (Å²) in [7, 11) is 0. The maximum Gasteiger partial charge on any atom is 0.128 e. The highest BCUT2D eigenvalue weighted by atomic mass is 35.5. The first kappa shape index (κ1) is 11.9. The molecule has 2 aromatic carbocycles. The van der Waals surface area contributed by atoms with Gasteiger partial charge in [-0.25, -0.2) is 4.39 Å². The summed E-state index contributed by atoms with van der Waals surface area (Å²) in [6.45, 7) is 1.92. The van der Waals surface area contributed by atoms with E-state index in [2.05, 4.69) is 5.32 Å². The van der Waals surface area contributed by atoms with E-state index in [-0.39, 0.29) is 11.9 Å². The van der Waals surface area contributed by atoms with Gasteiger partial charge in [-0.15, -0.1) is 0 Å². The van der Waals surface area contributed by atoms with E-state index < -0.39 is 0 Å². The molecule has 0 heterocycles. The van der Waals surface area contributed by atoms with Gasteiger partial charge in [0.15, 0.2) is 0 Å². The molecule has 0 aliphatic carbocycles. The topological polar surface area (TPSA) is 12.0 Å². The lowest BCUT2D eigenvalue weighted by Gasteiger charge is -2.16. The molecule has 0 saturated carbocycles. The van der Waals surface area contributed by atoms with Gasteiger partial charge >= 0.3 is 0 Å². The van der Waals surface area contributed by atoms with Crippen LogP contribution in [0.5, 0.6) is 0 Å². The fourth-order valence-corrected chi connectivity index (χ4v) is 1.92. The van der Waals surface area contributed by atoms with Gasteiger partial charge in [0.2, 0.25) is 0 Å². The Hall–Kier alpha value is -1.54. The zero-order chi connectivity index (χ0) is 12.3. The lowest BCUT2D eigenvalue weighted by Crippen LogP contribution is -2.08. The average Bonchev–Trinajstić information content (AvgIpc) is 2.29. The maximum atomic E-state index is 13.6. The van der Waals surface area contributed by atoms with Gasteiger partial charge in [-0.3, -0.25) is 0 Å². The van der Waals surface area contributed by atoms with Crippen molar-refractivity contribution in [1.82, 2.24) is 0 Å². The van der Waals surface area contributed by atoms with Crippen molar-refractivity contribution >= 4 is 17.3 Å². The number of anilines is 1. The van der Waals surface area contributed by atoms with Gasteiger partial charge in [0.25, 0.3) is 0 Å². The van der Waals surface area contributed by atoms with Crippen LogP contribution in [0.15, 0.2) is 48.5 Å². The van der Waals surface area contributed by atoms with Crippen molar-refractivity contribution in [2.75, 3.05) is 5.32 Å². The minimum absolute atomic E-state index is 0.102. The Kier molecular flexibility index (Phi) is 3.64. The second-order valence-electron chi connectivity index (χ2n) is 3.90. The third kappa shape index (κ3) is 2.98. The van der Waals surface area contributed by atoms with Gasteiger partial charge in [-0.05, 0) is 31.2 Å². The molecule has 0 radical (unpaired) electrons. The molecule has 1 nitrogen and oxygen atoms in total. The standard InChI is InChI=1S/C14H13ClFN/c1-10(13-7-2-3-8-14(13)16)17-12-6-4-5-11(15)9-12/h2-10,17H,1H3. The van der Waals surface area contributed by atoms with Crippen molar-refractivity contribution in [3.8, 4) is 0 Å². The minimum atomic E-state index is -0.200. The summed E-state index contributed by atoms with van der Waals surface area (Å²) in [4.78, 5) is 0. The zero-order valence-corrected chi connectivity index (χ0v) is 10.2. The summed E-state index contributed by atoms with van der Waals surface area (Å²) in [6, 6.07) is 14.0. The molecule has 0 bridgehead atoms. The van der Waals surface area contributed by atoms with Crippen molar-refractivity contribution in [3.63, 3.8) is 0 Å². The number of hydrogen-bond acceptors (Lipinski definition) is 1. The number of hydrogen-bond donors (Lipinski definition) is 1. The van der Waals surface area contributed by atoms with Gasteiger partial charge in [-0.1, -0.05) is 35.9 Å². The molecule has 0 amide bonds. The van der Waals surface area contributed by atoms with Crippen molar-refractivity contribution in [2.24, 2.45) is 0 Å². The van der Waals surface area contributed by atoms with Crippen LogP contribution < -0.4 is 5.32 Å². The fraction of sp³-hybridized carbons (Fsp3) is 0.143. The van der Waals surface area contributed by atoms with Crippen LogP contribution in [-0.2, 0) is 0 Å². The summed E-state index contributed by atoms with van der Waals surface area (Å²) in [6.07, 6.45) is 0. The Morgan fingerprint density at radius 2 is 1.88 bits per heavy atom. The zero-order valence-electron chi connectivity index (χ0n) is 9.45. The molecular weight excluding hydrogens is 237 g/mol. The summed E-state index contributed by atoms with van der Waals surface area (Å²) in [5, 5.41) is 3.88. The second-order valence-corrected chi connectivity index (χ2v) is 4.33. The van der Waals surface area contributed by atoms with E-state index in [1.54, 1.807) is 18.2 Å². The largest absolute Gasteiger partial charge is 0.378 e. The third-order valence-electron chi connectivity index (χ3n) is 2.58. The van der Waals surface area contributed by atoms with Crippen LogP contribution in [0.3, 0.4) is 0 Å². The molecule has 0 aliphatic heterocycles. The van der Waals surface area contributed by atoms with Crippen LogP contribution in [0.1, 0.15) is 18.5 Å². The minimum Gasteiger partial charge on any atom is -0.378 e. The third-order valence-corrected chi connectivity index (χ3v) is 2.81. The van der Waals surface area contributed by atoms with Crippen LogP contribution in [0.25, 0.3) is 0 Å². The molecular formula is C14H13ClFN. The van der Waals surface area contributed by atoms with Gasteiger partial charge in [0.05, 0.1) is 6.04 Å². The molecule has 88 valence electrons. The molecule has 3 heteroatoms. The first-order valence-electron chi connectivity index (χ1n) is 5.43. The average molecular weight is 250 g/mol. The molecule has 1 unspecified atom stereocenters. The van der Waals surface area contributed by atoms with E-state index in [1.165, 1.54) is 6.07 Å². The van der Waals surface area contributed by atoms with Crippen LogP contribution >= 0.6 is 11.6 Å². The second kappa shape index (κ2) is 5.19. The molecule has 0 aliphatic rings. The van der Waals surface area contributed by atoms with Crippen LogP contribution in [0.4, 0.5) is 10.1 Å². The predicted molar refractivity (Wildman–Crippen MR) is 69.9 cm³/mol. The van der Waals surface area contributed by atoms with Gasteiger partial charge < -0.3 is 5.32 Å². The number of halogens is 2. The number of rotatable bonds is 3. The molecule has 2 aromatic rings. The Bertz CT molecular complexity index is 513. The number of nitrogens with one attached hydrogen (secondary N) is 1. The highest BCUT2D eigenvalue weighted by molar-refractivity contribution is 6.30. The highest BCUT2D eigenvalue weighted by Crippen LogP contribution is 2.23. The van der Waals surface area contributed by atoms with Crippen LogP contribution in [-0.4, -0.2) is 0 Å². The van der Waals surface area contributed by atoms with E-state index in [1.807, 2.05) is 31.2 Å². The first-order valence-corrected chi connectivity index (χ1v) is 5.81. The molecule has 0 aromatic heterocycles.